The van der Waals surface area contributed by atoms with Crippen LogP contribution >= 0.6 is 0 Å². The maximum atomic E-state index is 13.7. The van der Waals surface area contributed by atoms with E-state index in [4.69, 9.17) is 0 Å². The molecule has 3 unspecified atom stereocenters. The molecule has 3 N–H and O–H groups in total. The maximum Gasteiger partial charge on any atom is 0.315 e. The van der Waals surface area contributed by atoms with Gasteiger partial charge in [0, 0.05) is 6.42 Å². The van der Waals surface area contributed by atoms with Gasteiger partial charge in [-0.05, 0) is 37.5 Å². The molecule has 3 rings (SSSR count). The van der Waals surface area contributed by atoms with Crippen molar-refractivity contribution in [3.05, 3.63) is 29.6 Å². The van der Waals surface area contributed by atoms with E-state index in [1.165, 1.54) is 12.1 Å². The topological polar surface area (TPSA) is 104 Å². The maximum absolute atomic E-state index is 13.7. The normalized spacial score (nSPS) is 26.1. The molecule has 2 aliphatic rings. The van der Waals surface area contributed by atoms with Gasteiger partial charge in [-0.15, -0.1) is 0 Å². The Hall–Kier alpha value is -2.16. The first-order valence-corrected chi connectivity index (χ1v) is 10.3. The number of aryl methyl sites for hydroxylation is 1. The van der Waals surface area contributed by atoms with Crippen molar-refractivity contribution in [1.29, 1.82) is 0 Å². The van der Waals surface area contributed by atoms with Crippen LogP contribution in [0.25, 0.3) is 0 Å². The Balaban J connectivity index is 1.46. The number of sulfone groups is 1. The largest absolute Gasteiger partial charge is 0.332 e. The molecule has 1 aromatic rings. The summed E-state index contributed by atoms with van der Waals surface area (Å²) >= 11 is 0. The van der Waals surface area contributed by atoms with Crippen LogP contribution in [0.5, 0.6) is 0 Å². The number of hydrogen-bond donors (Lipinski definition) is 3. The van der Waals surface area contributed by atoms with Crippen molar-refractivity contribution in [3.63, 3.8) is 0 Å². The molecular weight excluding hydrogens is 361 g/mol. The Morgan fingerprint density at radius 3 is 2.81 bits per heavy atom. The van der Waals surface area contributed by atoms with Gasteiger partial charge in [-0.3, -0.25) is 4.79 Å². The molecule has 9 heteroatoms. The van der Waals surface area contributed by atoms with Crippen LogP contribution in [0.1, 0.15) is 31.2 Å². The van der Waals surface area contributed by atoms with Gasteiger partial charge >= 0.3 is 6.03 Å². The Labute approximate surface area is 151 Å². The van der Waals surface area contributed by atoms with Crippen LogP contribution in [0.2, 0.25) is 0 Å². The van der Waals surface area contributed by atoms with Crippen LogP contribution < -0.4 is 16.0 Å². The second-order valence-corrected chi connectivity index (χ2v) is 9.16. The first kappa shape index (κ1) is 18.6. The average molecular weight is 383 g/mol. The average Bonchev–Trinajstić information content (AvgIpc) is 2.99. The lowest BCUT2D eigenvalue weighted by molar-refractivity contribution is -0.116. The lowest BCUT2D eigenvalue weighted by Crippen LogP contribution is -2.39. The molecule has 1 aromatic carbocycles. The monoisotopic (exact) mass is 383 g/mol. The molecule has 0 bridgehead atoms. The van der Waals surface area contributed by atoms with E-state index < -0.39 is 26.9 Å². The highest BCUT2D eigenvalue weighted by atomic mass is 32.2. The van der Waals surface area contributed by atoms with E-state index in [2.05, 4.69) is 16.0 Å². The SMILES string of the molecule is Cc1ccc(NC(=O)CCCCC2C3NC(=O)NC3CS2(=O)=O)c(F)c1. The molecule has 0 saturated carbocycles. The molecule has 0 radical (unpaired) electrons. The molecule has 2 fully saturated rings. The van der Waals surface area contributed by atoms with E-state index in [9.17, 15) is 22.4 Å². The number of fused-ring (bicyclic) bond motifs is 1. The number of carbonyl (C=O) groups is 2. The second kappa shape index (κ2) is 7.22. The minimum absolute atomic E-state index is 0.0474. The minimum Gasteiger partial charge on any atom is -0.332 e. The molecule has 7 nitrogen and oxygen atoms in total. The predicted molar refractivity (Wildman–Crippen MR) is 95.1 cm³/mol. The Kier molecular flexibility index (Phi) is 5.17. The van der Waals surface area contributed by atoms with Crippen molar-refractivity contribution in [3.8, 4) is 0 Å². The standard InChI is InChI=1S/C17H22FN3O4S/c1-10-6-7-12(11(18)8-10)19-15(22)5-3-2-4-14-16-13(9-26(14,24)25)20-17(23)21-16/h6-8,13-14,16H,2-5,9H2,1H3,(H,19,22)(H2,20,21,23). The Morgan fingerprint density at radius 1 is 1.31 bits per heavy atom. The van der Waals surface area contributed by atoms with Crippen LogP contribution in [0.3, 0.4) is 0 Å². The third-order valence-corrected chi connectivity index (χ3v) is 7.14. The molecule has 3 atom stereocenters. The lowest BCUT2D eigenvalue weighted by Gasteiger charge is -2.16. The molecule has 0 spiro atoms. The molecule has 0 aliphatic carbocycles. The van der Waals surface area contributed by atoms with Crippen molar-refractivity contribution in [1.82, 2.24) is 10.6 Å². The molecule has 3 amide bonds. The van der Waals surface area contributed by atoms with E-state index >= 15 is 0 Å². The molecule has 2 saturated heterocycles. The summed E-state index contributed by atoms with van der Waals surface area (Å²) in [5, 5.41) is 7.19. The molecule has 0 aromatic heterocycles. The van der Waals surface area contributed by atoms with E-state index in [1.807, 2.05) is 0 Å². The van der Waals surface area contributed by atoms with E-state index in [0.717, 1.165) is 5.56 Å². The quantitative estimate of drug-likeness (QED) is 0.511. The van der Waals surface area contributed by atoms with Crippen molar-refractivity contribution in [2.45, 2.75) is 49.9 Å². The number of unbranched alkanes of at least 4 members (excludes halogenated alkanes) is 1. The van der Waals surface area contributed by atoms with Gasteiger partial charge in [-0.1, -0.05) is 12.5 Å². The number of halogens is 1. The lowest BCUT2D eigenvalue weighted by atomic mass is 10.0. The summed E-state index contributed by atoms with van der Waals surface area (Å²) in [6.07, 6.45) is 1.59. The van der Waals surface area contributed by atoms with Gasteiger partial charge in [0.15, 0.2) is 9.84 Å². The highest BCUT2D eigenvalue weighted by Crippen LogP contribution is 2.28. The third kappa shape index (κ3) is 3.98. The van der Waals surface area contributed by atoms with Crippen molar-refractivity contribution >= 4 is 27.5 Å². The summed E-state index contributed by atoms with van der Waals surface area (Å²) in [6.45, 7) is 1.76. The summed E-state index contributed by atoms with van der Waals surface area (Å²) in [5.74, 6) is -0.837. The number of nitrogens with one attached hydrogen (secondary N) is 3. The number of anilines is 1. The predicted octanol–water partition coefficient (Wildman–Crippen LogP) is 1.48. The second-order valence-electron chi connectivity index (χ2n) is 6.90. The van der Waals surface area contributed by atoms with Crippen LogP contribution in [0.4, 0.5) is 14.9 Å². The fourth-order valence-corrected chi connectivity index (χ4v) is 5.84. The molecule has 26 heavy (non-hydrogen) atoms. The fourth-order valence-electron chi connectivity index (χ4n) is 3.57. The zero-order chi connectivity index (χ0) is 18.9. The third-order valence-electron chi connectivity index (χ3n) is 4.86. The van der Waals surface area contributed by atoms with Crippen LogP contribution in [0.15, 0.2) is 18.2 Å². The Bertz CT molecular complexity index is 827. The van der Waals surface area contributed by atoms with Crippen molar-refractivity contribution in [2.24, 2.45) is 0 Å². The van der Waals surface area contributed by atoms with E-state index in [1.54, 1.807) is 13.0 Å². The summed E-state index contributed by atoms with van der Waals surface area (Å²) in [5.41, 5.74) is 0.909. The number of amides is 3. The number of rotatable bonds is 6. The molecule has 2 heterocycles. The minimum atomic E-state index is -3.26. The molecule has 2 aliphatic heterocycles. The van der Waals surface area contributed by atoms with Gasteiger partial charge in [0.25, 0.3) is 0 Å². The highest BCUT2D eigenvalue weighted by molar-refractivity contribution is 7.92. The van der Waals surface area contributed by atoms with Gasteiger partial charge in [0.05, 0.1) is 28.8 Å². The summed E-state index contributed by atoms with van der Waals surface area (Å²) in [4.78, 5) is 23.3. The first-order valence-electron chi connectivity index (χ1n) is 8.61. The van der Waals surface area contributed by atoms with E-state index in [-0.39, 0.29) is 35.8 Å². The summed E-state index contributed by atoms with van der Waals surface area (Å²) in [7, 11) is -3.26. The van der Waals surface area contributed by atoms with Crippen LogP contribution in [0, 0.1) is 12.7 Å². The van der Waals surface area contributed by atoms with Gasteiger partial charge in [0.2, 0.25) is 5.91 Å². The van der Waals surface area contributed by atoms with Gasteiger partial charge in [0.1, 0.15) is 5.82 Å². The van der Waals surface area contributed by atoms with Crippen molar-refractivity contribution < 1.29 is 22.4 Å². The zero-order valence-electron chi connectivity index (χ0n) is 14.4. The van der Waals surface area contributed by atoms with Gasteiger partial charge in [-0.2, -0.15) is 0 Å². The first-order chi connectivity index (χ1) is 12.3. The van der Waals surface area contributed by atoms with E-state index in [0.29, 0.717) is 19.3 Å². The van der Waals surface area contributed by atoms with Gasteiger partial charge < -0.3 is 16.0 Å². The molecular formula is C17H22FN3O4S. The Morgan fingerprint density at radius 2 is 2.08 bits per heavy atom. The molecule has 142 valence electrons. The number of hydrogen-bond acceptors (Lipinski definition) is 4. The van der Waals surface area contributed by atoms with Crippen LogP contribution in [-0.2, 0) is 14.6 Å². The van der Waals surface area contributed by atoms with Crippen LogP contribution in [-0.4, -0.2) is 43.4 Å². The zero-order valence-corrected chi connectivity index (χ0v) is 15.2. The summed E-state index contributed by atoms with van der Waals surface area (Å²) < 4.78 is 38.1. The number of carbonyl (C=O) groups excluding carboxylic acids is 2. The van der Waals surface area contributed by atoms with Crippen molar-refractivity contribution in [2.75, 3.05) is 11.1 Å². The summed E-state index contributed by atoms with van der Waals surface area (Å²) in [6, 6.07) is 3.47. The smallest absolute Gasteiger partial charge is 0.315 e. The highest BCUT2D eigenvalue weighted by Gasteiger charge is 2.51. The number of benzene rings is 1. The van der Waals surface area contributed by atoms with Gasteiger partial charge in [-0.25, -0.2) is 17.6 Å². The number of urea groups is 1. The fraction of sp³-hybridized carbons (Fsp3) is 0.529.